The van der Waals surface area contributed by atoms with Crippen LogP contribution in [0.3, 0.4) is 0 Å². The van der Waals surface area contributed by atoms with E-state index in [2.05, 4.69) is 20.6 Å². The minimum atomic E-state index is -4.96. The highest BCUT2D eigenvalue weighted by molar-refractivity contribution is 6.03. The Labute approximate surface area is 173 Å². The molecule has 12 heteroatoms. The predicted octanol–water partition coefficient (Wildman–Crippen LogP) is 2.91. The van der Waals surface area contributed by atoms with Crippen LogP contribution < -0.4 is 10.2 Å². The lowest BCUT2D eigenvalue weighted by Gasteiger charge is -2.27. The molecule has 0 atom stereocenters. The Morgan fingerprint density at radius 3 is 2.55 bits per heavy atom. The number of pyridine rings is 1. The average Bonchev–Trinajstić information content (AvgIpc) is 3.21. The number of morpholine rings is 1. The molecule has 1 saturated heterocycles. The van der Waals surface area contributed by atoms with E-state index in [-0.39, 0.29) is 11.4 Å². The normalized spacial score (nSPS) is 14.5. The highest BCUT2D eigenvalue weighted by Gasteiger charge is 2.42. The molecule has 1 fully saturated rings. The molecule has 162 valence electrons. The van der Waals surface area contributed by atoms with Gasteiger partial charge in [-0.3, -0.25) is 4.79 Å². The van der Waals surface area contributed by atoms with E-state index in [9.17, 15) is 22.4 Å². The maximum atomic E-state index is 13.7. The second kappa shape index (κ2) is 8.30. The van der Waals surface area contributed by atoms with Gasteiger partial charge >= 0.3 is 6.18 Å². The first kappa shape index (κ1) is 20.7. The monoisotopic (exact) mass is 436 g/mol. The quantitative estimate of drug-likeness (QED) is 0.634. The minimum Gasteiger partial charge on any atom is -0.378 e. The van der Waals surface area contributed by atoms with E-state index < -0.39 is 29.3 Å². The Hall–Kier alpha value is -3.54. The van der Waals surface area contributed by atoms with Crippen molar-refractivity contribution in [3.05, 3.63) is 59.8 Å². The van der Waals surface area contributed by atoms with Crippen LogP contribution in [0.2, 0.25) is 0 Å². The van der Waals surface area contributed by atoms with Crippen molar-refractivity contribution >= 4 is 17.4 Å². The third-order valence-electron chi connectivity index (χ3n) is 4.55. The molecule has 1 aromatic carbocycles. The molecule has 1 amide bonds. The molecule has 0 bridgehead atoms. The van der Waals surface area contributed by atoms with E-state index in [0.717, 1.165) is 12.1 Å². The van der Waals surface area contributed by atoms with Gasteiger partial charge in [-0.2, -0.15) is 13.2 Å². The lowest BCUT2D eigenvalue weighted by molar-refractivity contribution is -0.143. The molecule has 8 nitrogen and oxygen atoms in total. The van der Waals surface area contributed by atoms with Crippen LogP contribution in [0, 0.1) is 5.82 Å². The lowest BCUT2D eigenvalue weighted by atomic mass is 10.2. The summed E-state index contributed by atoms with van der Waals surface area (Å²) >= 11 is 0. The number of carbonyl (C=O) groups excluding carboxylic acids is 1. The number of hydrogen-bond donors (Lipinski definition) is 1. The van der Waals surface area contributed by atoms with Gasteiger partial charge in [0.15, 0.2) is 11.4 Å². The number of ether oxygens (including phenoxy) is 1. The number of hydrogen-bond acceptors (Lipinski definition) is 6. The number of amides is 1. The molecule has 3 aromatic rings. The zero-order valence-corrected chi connectivity index (χ0v) is 15.9. The van der Waals surface area contributed by atoms with Crippen LogP contribution in [0.25, 0.3) is 5.69 Å². The summed E-state index contributed by atoms with van der Waals surface area (Å²) in [7, 11) is 0. The van der Waals surface area contributed by atoms with Gasteiger partial charge in [-0.15, -0.1) is 5.10 Å². The molecule has 1 N–H and O–H groups in total. The first-order valence-corrected chi connectivity index (χ1v) is 9.22. The Balaban J connectivity index is 1.58. The standard InChI is InChI=1S/C19H16F4N6O2/c20-12-2-1-3-14(10-12)29-17(19(21,22)23)16(26-27-29)18(30)25-13-4-5-15(24-11-13)28-6-8-31-9-7-28/h1-5,10-11H,6-9H2,(H,25,30). The fourth-order valence-electron chi connectivity index (χ4n) is 3.11. The fraction of sp³-hybridized carbons (Fsp3) is 0.263. The van der Waals surface area contributed by atoms with Gasteiger partial charge in [0.05, 0.1) is 30.8 Å². The zero-order chi connectivity index (χ0) is 22.0. The summed E-state index contributed by atoms with van der Waals surface area (Å²) in [5.74, 6) is -1.20. The number of nitrogens with zero attached hydrogens (tertiary/aromatic N) is 5. The molecule has 1 aliphatic heterocycles. The summed E-state index contributed by atoms with van der Waals surface area (Å²) < 4.78 is 60.2. The second-order valence-electron chi connectivity index (χ2n) is 6.63. The smallest absolute Gasteiger partial charge is 0.378 e. The topological polar surface area (TPSA) is 85.2 Å². The molecular weight excluding hydrogens is 420 g/mol. The van der Waals surface area contributed by atoms with Crippen molar-refractivity contribution in [2.45, 2.75) is 6.18 Å². The third kappa shape index (κ3) is 4.48. The molecule has 0 aliphatic carbocycles. The van der Waals surface area contributed by atoms with Crippen molar-refractivity contribution in [3.63, 3.8) is 0 Å². The van der Waals surface area contributed by atoms with Crippen LogP contribution in [0.15, 0.2) is 42.6 Å². The third-order valence-corrected chi connectivity index (χ3v) is 4.55. The summed E-state index contributed by atoms with van der Waals surface area (Å²) in [6.45, 7) is 2.47. The molecule has 3 heterocycles. The fourth-order valence-corrected chi connectivity index (χ4v) is 3.11. The van der Waals surface area contributed by atoms with Crippen LogP contribution >= 0.6 is 0 Å². The number of rotatable bonds is 4. The number of aromatic nitrogens is 4. The summed E-state index contributed by atoms with van der Waals surface area (Å²) in [6.07, 6.45) is -3.62. The zero-order valence-electron chi connectivity index (χ0n) is 15.9. The first-order valence-electron chi connectivity index (χ1n) is 9.22. The average molecular weight is 436 g/mol. The Bertz CT molecular complexity index is 1080. The van der Waals surface area contributed by atoms with Crippen LogP contribution in [-0.4, -0.2) is 52.2 Å². The lowest BCUT2D eigenvalue weighted by Crippen LogP contribution is -2.36. The number of carbonyl (C=O) groups is 1. The molecule has 1 aliphatic rings. The number of anilines is 2. The first-order chi connectivity index (χ1) is 14.8. The Kier molecular flexibility index (Phi) is 5.55. The molecular formula is C19H16F4N6O2. The van der Waals surface area contributed by atoms with Gasteiger partial charge in [0.1, 0.15) is 11.6 Å². The molecule has 4 rings (SSSR count). The van der Waals surface area contributed by atoms with Gasteiger partial charge in [-0.25, -0.2) is 14.1 Å². The molecule has 31 heavy (non-hydrogen) atoms. The number of benzene rings is 1. The minimum absolute atomic E-state index is 0.190. The van der Waals surface area contributed by atoms with Crippen molar-refractivity contribution in [2.75, 3.05) is 36.5 Å². The number of halogens is 4. The van der Waals surface area contributed by atoms with Crippen LogP contribution in [0.4, 0.5) is 29.1 Å². The van der Waals surface area contributed by atoms with Crippen LogP contribution in [-0.2, 0) is 10.9 Å². The van der Waals surface area contributed by atoms with E-state index in [1.54, 1.807) is 6.07 Å². The van der Waals surface area contributed by atoms with Gasteiger partial charge in [-0.1, -0.05) is 11.3 Å². The number of nitrogens with one attached hydrogen (secondary N) is 1. The van der Waals surface area contributed by atoms with Gasteiger partial charge in [-0.05, 0) is 30.3 Å². The van der Waals surface area contributed by atoms with Gasteiger partial charge in [0.25, 0.3) is 5.91 Å². The summed E-state index contributed by atoms with van der Waals surface area (Å²) in [5.41, 5.74) is -2.37. The second-order valence-corrected chi connectivity index (χ2v) is 6.63. The van der Waals surface area contributed by atoms with E-state index in [1.165, 1.54) is 24.4 Å². The molecule has 2 aromatic heterocycles. The predicted molar refractivity (Wildman–Crippen MR) is 102 cm³/mol. The van der Waals surface area contributed by atoms with E-state index in [0.29, 0.717) is 36.8 Å². The van der Waals surface area contributed by atoms with E-state index in [4.69, 9.17) is 4.74 Å². The molecule has 0 unspecified atom stereocenters. The van der Waals surface area contributed by atoms with E-state index >= 15 is 0 Å². The summed E-state index contributed by atoms with van der Waals surface area (Å²) in [4.78, 5) is 18.7. The highest BCUT2D eigenvalue weighted by Crippen LogP contribution is 2.33. The van der Waals surface area contributed by atoms with Gasteiger partial charge < -0.3 is 15.0 Å². The largest absolute Gasteiger partial charge is 0.435 e. The summed E-state index contributed by atoms with van der Waals surface area (Å²) in [5, 5.41) is 9.15. The van der Waals surface area contributed by atoms with Crippen LogP contribution in [0.5, 0.6) is 0 Å². The maximum absolute atomic E-state index is 13.7. The number of alkyl halides is 3. The highest BCUT2D eigenvalue weighted by atomic mass is 19.4. The summed E-state index contributed by atoms with van der Waals surface area (Å²) in [6, 6.07) is 7.57. The molecule has 0 radical (unpaired) electrons. The Morgan fingerprint density at radius 2 is 1.90 bits per heavy atom. The molecule has 0 spiro atoms. The Morgan fingerprint density at radius 1 is 1.13 bits per heavy atom. The van der Waals surface area contributed by atoms with Crippen molar-refractivity contribution in [1.29, 1.82) is 0 Å². The van der Waals surface area contributed by atoms with E-state index in [1.807, 2.05) is 4.90 Å². The van der Waals surface area contributed by atoms with Crippen molar-refractivity contribution in [2.24, 2.45) is 0 Å². The van der Waals surface area contributed by atoms with Crippen molar-refractivity contribution < 1.29 is 27.1 Å². The maximum Gasteiger partial charge on any atom is 0.435 e. The van der Waals surface area contributed by atoms with Crippen molar-refractivity contribution in [3.8, 4) is 5.69 Å². The van der Waals surface area contributed by atoms with Gasteiger partial charge in [0, 0.05) is 13.1 Å². The van der Waals surface area contributed by atoms with Crippen molar-refractivity contribution in [1.82, 2.24) is 20.0 Å². The van der Waals surface area contributed by atoms with Gasteiger partial charge in [0.2, 0.25) is 0 Å². The molecule has 0 saturated carbocycles. The SMILES string of the molecule is O=C(Nc1ccc(N2CCOCC2)nc1)c1nnn(-c2cccc(F)c2)c1C(F)(F)F. The van der Waals surface area contributed by atoms with Crippen LogP contribution in [0.1, 0.15) is 16.2 Å².